The lowest BCUT2D eigenvalue weighted by Gasteiger charge is -2.05. The molecule has 0 aliphatic rings. The van der Waals surface area contributed by atoms with Gasteiger partial charge in [-0.3, -0.25) is 4.79 Å². The van der Waals surface area contributed by atoms with E-state index in [1.807, 2.05) is 37.3 Å². The number of carbonyl (C=O) groups excluding carboxylic acids is 1. The Labute approximate surface area is 181 Å². The molecule has 3 aromatic heterocycles. The monoisotopic (exact) mass is 430 g/mol. The van der Waals surface area contributed by atoms with Crippen LogP contribution in [0.5, 0.6) is 0 Å². The van der Waals surface area contributed by atoms with Crippen LogP contribution < -0.4 is 11.0 Å². The van der Waals surface area contributed by atoms with Gasteiger partial charge in [0.05, 0.1) is 5.69 Å². The molecule has 9 heteroatoms. The van der Waals surface area contributed by atoms with Crippen LogP contribution in [-0.4, -0.2) is 29.7 Å². The third-order valence-electron chi connectivity index (χ3n) is 5.29. The van der Waals surface area contributed by atoms with Crippen molar-refractivity contribution in [2.45, 2.75) is 20.4 Å². The molecule has 1 N–H and O–H groups in total. The number of aryl methyl sites for hydroxylation is 2. The summed E-state index contributed by atoms with van der Waals surface area (Å²) >= 11 is 0. The smallest absolute Gasteiger partial charge is 0.324 e. The van der Waals surface area contributed by atoms with Crippen molar-refractivity contribution in [2.75, 3.05) is 5.32 Å². The minimum atomic E-state index is -0.483. The van der Waals surface area contributed by atoms with Gasteiger partial charge in [-0.05, 0) is 37.6 Å². The number of benzene rings is 2. The number of carbonyl (C=O) groups is 1. The summed E-state index contributed by atoms with van der Waals surface area (Å²) in [6.45, 7) is 3.35. The predicted molar refractivity (Wildman–Crippen MR) is 118 cm³/mol. The lowest BCUT2D eigenvalue weighted by atomic mass is 10.1. The summed E-state index contributed by atoms with van der Waals surface area (Å²) in [6, 6.07) is 14.2. The normalized spacial score (nSPS) is 11.3. The van der Waals surface area contributed by atoms with Crippen LogP contribution in [0.1, 0.15) is 11.1 Å². The second-order valence-corrected chi connectivity index (χ2v) is 7.67. The van der Waals surface area contributed by atoms with Gasteiger partial charge in [0.25, 0.3) is 0 Å². The van der Waals surface area contributed by atoms with Crippen molar-refractivity contribution in [2.24, 2.45) is 0 Å². The molecule has 32 heavy (non-hydrogen) atoms. The summed E-state index contributed by atoms with van der Waals surface area (Å²) in [5.41, 5.74) is 4.22. The largest absolute Gasteiger partial charge is 0.350 e. The van der Waals surface area contributed by atoms with Gasteiger partial charge in [-0.2, -0.15) is 5.10 Å². The van der Waals surface area contributed by atoms with Gasteiger partial charge in [0.1, 0.15) is 17.9 Å². The molecule has 0 saturated heterocycles. The second kappa shape index (κ2) is 7.45. The number of nitrogens with zero attached hydrogens (tertiary/aromatic N) is 5. The molecule has 160 valence electrons. The Morgan fingerprint density at radius 1 is 1.03 bits per heavy atom. The van der Waals surface area contributed by atoms with E-state index in [1.165, 1.54) is 10.5 Å². The molecule has 0 aliphatic heterocycles. The highest BCUT2D eigenvalue weighted by Crippen LogP contribution is 2.21. The van der Waals surface area contributed by atoms with E-state index in [4.69, 9.17) is 0 Å². The van der Waals surface area contributed by atoms with Crippen molar-refractivity contribution in [3.05, 3.63) is 88.4 Å². The van der Waals surface area contributed by atoms with Crippen molar-refractivity contribution in [3.8, 4) is 11.3 Å². The summed E-state index contributed by atoms with van der Waals surface area (Å²) < 4.78 is 17.8. The number of hydrogen-bond acceptors (Lipinski definition) is 4. The number of rotatable bonds is 4. The van der Waals surface area contributed by atoms with Gasteiger partial charge in [-0.15, -0.1) is 5.10 Å². The maximum atomic E-state index is 13.7. The first-order valence-electron chi connectivity index (χ1n) is 10.00. The summed E-state index contributed by atoms with van der Waals surface area (Å²) in [5.74, 6) is -0.899. The van der Waals surface area contributed by atoms with Crippen molar-refractivity contribution in [3.63, 3.8) is 0 Å². The number of fused-ring (bicyclic) bond motifs is 3. The molecule has 2 aromatic carbocycles. The molecule has 8 nitrogen and oxygen atoms in total. The van der Waals surface area contributed by atoms with Gasteiger partial charge in [0, 0.05) is 23.6 Å². The number of anilines is 1. The summed E-state index contributed by atoms with van der Waals surface area (Å²) in [7, 11) is 0. The maximum absolute atomic E-state index is 13.7. The first kappa shape index (κ1) is 19.7. The van der Waals surface area contributed by atoms with Crippen LogP contribution in [0.4, 0.5) is 10.1 Å². The molecule has 0 aliphatic carbocycles. The molecule has 1 amide bonds. The summed E-state index contributed by atoms with van der Waals surface area (Å²) in [6.07, 6.45) is 3.23. The number of nitrogens with one attached hydrogen (secondary N) is 1. The zero-order chi connectivity index (χ0) is 22.4. The molecule has 0 bridgehead atoms. The van der Waals surface area contributed by atoms with E-state index >= 15 is 0 Å². The van der Waals surface area contributed by atoms with Gasteiger partial charge in [-0.25, -0.2) is 22.8 Å². The van der Waals surface area contributed by atoms with Gasteiger partial charge < -0.3 is 5.32 Å². The van der Waals surface area contributed by atoms with E-state index in [0.717, 1.165) is 21.5 Å². The Kier molecular flexibility index (Phi) is 4.58. The molecule has 0 unspecified atom stereocenters. The Balaban J connectivity index is 1.47. The number of halogens is 1. The Hall–Kier alpha value is -4.27. The topological polar surface area (TPSA) is 85.7 Å². The molecule has 0 spiro atoms. The highest BCUT2D eigenvalue weighted by molar-refractivity contribution is 5.90. The van der Waals surface area contributed by atoms with Crippen molar-refractivity contribution in [1.82, 2.24) is 23.8 Å². The molecule has 0 atom stereocenters. The third kappa shape index (κ3) is 3.43. The van der Waals surface area contributed by atoms with E-state index in [0.29, 0.717) is 22.4 Å². The molecule has 3 heterocycles. The average molecular weight is 430 g/mol. The zero-order valence-electron chi connectivity index (χ0n) is 17.4. The minimum Gasteiger partial charge on any atom is -0.324 e. The SMILES string of the molecule is Cc1ccc(-c2cc3c4nn(CC(=O)Nc5ccc(C)c(F)c5)c(=O)n4ccn3n2)cc1. The van der Waals surface area contributed by atoms with E-state index in [2.05, 4.69) is 15.5 Å². The molecule has 5 rings (SSSR count). The van der Waals surface area contributed by atoms with Crippen LogP contribution in [0.15, 0.2) is 65.7 Å². The molecule has 0 saturated carbocycles. The van der Waals surface area contributed by atoms with Crippen LogP contribution in [0.25, 0.3) is 22.4 Å². The average Bonchev–Trinajstić information content (AvgIpc) is 3.33. The molecular weight excluding hydrogens is 411 g/mol. The van der Waals surface area contributed by atoms with Crippen LogP contribution >= 0.6 is 0 Å². The predicted octanol–water partition coefficient (Wildman–Crippen LogP) is 3.21. The van der Waals surface area contributed by atoms with Crippen LogP contribution in [0.2, 0.25) is 0 Å². The van der Waals surface area contributed by atoms with Crippen LogP contribution in [0, 0.1) is 19.7 Å². The molecule has 0 radical (unpaired) electrons. The van der Waals surface area contributed by atoms with E-state index < -0.39 is 17.4 Å². The van der Waals surface area contributed by atoms with Gasteiger partial charge >= 0.3 is 5.69 Å². The quantitative estimate of drug-likeness (QED) is 0.475. The Morgan fingerprint density at radius 2 is 1.81 bits per heavy atom. The molecular formula is C23H19FN6O2. The van der Waals surface area contributed by atoms with Gasteiger partial charge in [-0.1, -0.05) is 35.9 Å². The number of hydrogen-bond donors (Lipinski definition) is 1. The summed E-state index contributed by atoms with van der Waals surface area (Å²) in [5, 5.41) is 11.5. The lowest BCUT2D eigenvalue weighted by Crippen LogP contribution is -2.28. The molecule has 5 aromatic rings. The first-order valence-corrected chi connectivity index (χ1v) is 10.00. The maximum Gasteiger partial charge on any atom is 0.350 e. The fraction of sp³-hybridized carbons (Fsp3) is 0.130. The highest BCUT2D eigenvalue weighted by Gasteiger charge is 2.15. The van der Waals surface area contributed by atoms with Gasteiger partial charge in [0.15, 0.2) is 5.65 Å². The van der Waals surface area contributed by atoms with E-state index in [1.54, 1.807) is 36.0 Å². The fourth-order valence-corrected chi connectivity index (χ4v) is 3.51. The summed E-state index contributed by atoms with van der Waals surface area (Å²) in [4.78, 5) is 25.2. The molecule has 0 fully saturated rings. The highest BCUT2D eigenvalue weighted by atomic mass is 19.1. The van der Waals surface area contributed by atoms with Crippen molar-refractivity contribution >= 4 is 22.8 Å². The third-order valence-corrected chi connectivity index (χ3v) is 5.29. The van der Waals surface area contributed by atoms with Crippen molar-refractivity contribution in [1.29, 1.82) is 0 Å². The minimum absolute atomic E-state index is 0.304. The van der Waals surface area contributed by atoms with E-state index in [9.17, 15) is 14.0 Å². The Morgan fingerprint density at radius 3 is 2.56 bits per heavy atom. The van der Waals surface area contributed by atoms with Gasteiger partial charge in [0.2, 0.25) is 5.91 Å². The van der Waals surface area contributed by atoms with Crippen molar-refractivity contribution < 1.29 is 9.18 Å². The fourth-order valence-electron chi connectivity index (χ4n) is 3.51. The number of amides is 1. The lowest BCUT2D eigenvalue weighted by molar-refractivity contribution is -0.117. The second-order valence-electron chi connectivity index (χ2n) is 7.67. The zero-order valence-corrected chi connectivity index (χ0v) is 17.4. The first-order chi connectivity index (χ1) is 15.4. The van der Waals surface area contributed by atoms with Crippen LogP contribution in [0.3, 0.4) is 0 Å². The standard InChI is InChI=1S/C23H19FN6O2/c1-14-3-6-16(7-4-14)19-12-20-22-27-30(23(32)28(22)9-10-29(20)26-19)13-21(31)25-17-8-5-15(2)18(24)11-17/h3-12H,13H2,1-2H3,(H,25,31). The van der Waals surface area contributed by atoms with Crippen LogP contribution in [-0.2, 0) is 11.3 Å². The Bertz CT molecular complexity index is 1550. The number of aromatic nitrogens is 5. The van der Waals surface area contributed by atoms with E-state index in [-0.39, 0.29) is 6.54 Å².